The van der Waals surface area contributed by atoms with E-state index in [1.54, 1.807) is 30.5 Å². The molecule has 0 aliphatic heterocycles. The van der Waals surface area contributed by atoms with E-state index in [2.05, 4.69) is 30.0 Å². The van der Waals surface area contributed by atoms with Crippen molar-refractivity contribution in [2.24, 2.45) is 0 Å². The van der Waals surface area contributed by atoms with Crippen LogP contribution >= 0.6 is 11.6 Å². The minimum Gasteiger partial charge on any atom is -0.482 e. The van der Waals surface area contributed by atoms with E-state index in [0.717, 1.165) is 17.1 Å². The maximum absolute atomic E-state index is 14.5. The first-order valence-corrected chi connectivity index (χ1v) is 10.0. The molecule has 0 aliphatic carbocycles. The molecule has 3 aromatic heterocycles. The van der Waals surface area contributed by atoms with Crippen molar-refractivity contribution >= 4 is 34.4 Å². The van der Waals surface area contributed by atoms with Gasteiger partial charge in [-0.2, -0.15) is 0 Å². The summed E-state index contributed by atoms with van der Waals surface area (Å²) in [6.07, 6.45) is 4.36. The van der Waals surface area contributed by atoms with Gasteiger partial charge >= 0.3 is 5.97 Å². The van der Waals surface area contributed by atoms with Crippen LogP contribution < -0.4 is 10.1 Å². The minimum absolute atomic E-state index is 0.0488. The van der Waals surface area contributed by atoms with Gasteiger partial charge in [-0.3, -0.25) is 0 Å². The van der Waals surface area contributed by atoms with E-state index in [1.165, 1.54) is 13.3 Å². The Morgan fingerprint density at radius 3 is 2.94 bits per heavy atom. The zero-order valence-corrected chi connectivity index (χ0v) is 18.0. The molecular weight excluding hydrogens is 437 g/mol. The molecule has 32 heavy (non-hydrogen) atoms. The molecule has 4 aromatic rings. The van der Waals surface area contributed by atoms with E-state index in [-0.39, 0.29) is 18.5 Å². The van der Waals surface area contributed by atoms with Crippen LogP contribution in [-0.4, -0.2) is 39.6 Å². The number of nitrogens with zero attached hydrogens (tertiary/aromatic N) is 3. The number of benzene rings is 1. The van der Waals surface area contributed by atoms with Gasteiger partial charge in [-0.15, -0.1) is 0 Å². The lowest BCUT2D eigenvalue weighted by Crippen LogP contribution is -2.13. The maximum Gasteiger partial charge on any atom is 0.343 e. The topological polar surface area (TPSA) is 102 Å². The number of fused-ring (bicyclic) bond motifs is 1. The van der Waals surface area contributed by atoms with Gasteiger partial charge in [0.15, 0.2) is 24.1 Å². The van der Waals surface area contributed by atoms with Gasteiger partial charge < -0.3 is 19.8 Å². The fraction of sp³-hybridized carbons (Fsp3) is 0.182. The SMILES string of the molecule is COC(=O)COc1cccc([C@H](C)Nc2nc(-c3c[nH]c4ncc(Cl)cc34)ncc2F)c1. The van der Waals surface area contributed by atoms with Crippen LogP contribution in [0.5, 0.6) is 5.75 Å². The lowest BCUT2D eigenvalue weighted by atomic mass is 10.1. The summed E-state index contributed by atoms with van der Waals surface area (Å²) in [5, 5.41) is 4.27. The fourth-order valence-electron chi connectivity index (χ4n) is 3.12. The number of rotatable bonds is 7. The molecule has 0 aliphatic rings. The summed E-state index contributed by atoms with van der Waals surface area (Å²) in [7, 11) is 1.29. The Bertz CT molecular complexity index is 1280. The van der Waals surface area contributed by atoms with E-state index in [1.807, 2.05) is 13.0 Å². The van der Waals surface area contributed by atoms with E-state index in [9.17, 15) is 9.18 Å². The predicted octanol–water partition coefficient (Wildman–Crippen LogP) is 4.54. The Morgan fingerprint density at radius 2 is 2.12 bits per heavy atom. The Morgan fingerprint density at radius 1 is 1.28 bits per heavy atom. The Kier molecular flexibility index (Phi) is 6.18. The number of aromatic amines is 1. The molecule has 10 heteroatoms. The van der Waals surface area contributed by atoms with Crippen LogP contribution in [0.4, 0.5) is 10.2 Å². The normalized spacial score (nSPS) is 11.9. The molecule has 2 N–H and O–H groups in total. The van der Waals surface area contributed by atoms with Gasteiger partial charge in [-0.05, 0) is 30.7 Å². The monoisotopic (exact) mass is 455 g/mol. The highest BCUT2D eigenvalue weighted by Crippen LogP contribution is 2.29. The van der Waals surface area contributed by atoms with Crippen LogP contribution in [0.1, 0.15) is 18.5 Å². The molecule has 4 rings (SSSR count). The number of methoxy groups -OCH3 is 1. The lowest BCUT2D eigenvalue weighted by Gasteiger charge is -2.17. The van der Waals surface area contributed by atoms with Gasteiger partial charge in [0, 0.05) is 23.3 Å². The van der Waals surface area contributed by atoms with Crippen LogP contribution in [0, 0.1) is 5.82 Å². The van der Waals surface area contributed by atoms with Crippen molar-refractivity contribution in [2.75, 3.05) is 19.0 Å². The van der Waals surface area contributed by atoms with Gasteiger partial charge in [0.25, 0.3) is 0 Å². The third-order valence-corrected chi connectivity index (χ3v) is 4.99. The second-order valence-electron chi connectivity index (χ2n) is 6.95. The summed E-state index contributed by atoms with van der Waals surface area (Å²) >= 11 is 6.06. The molecule has 0 saturated carbocycles. The van der Waals surface area contributed by atoms with Gasteiger partial charge in [0.2, 0.25) is 0 Å². The number of ether oxygens (including phenoxy) is 2. The third kappa shape index (κ3) is 4.62. The Labute approximate surface area is 187 Å². The second-order valence-corrected chi connectivity index (χ2v) is 7.38. The number of carbonyl (C=O) groups is 1. The van der Waals surface area contributed by atoms with E-state index in [0.29, 0.717) is 27.8 Å². The highest BCUT2D eigenvalue weighted by molar-refractivity contribution is 6.31. The number of carbonyl (C=O) groups excluding carboxylic acids is 1. The molecule has 3 heterocycles. The van der Waals surface area contributed by atoms with Crippen LogP contribution in [0.3, 0.4) is 0 Å². The van der Waals surface area contributed by atoms with Gasteiger partial charge in [0.1, 0.15) is 11.4 Å². The summed E-state index contributed by atoms with van der Waals surface area (Å²) in [5.74, 6) is -0.200. The average molecular weight is 456 g/mol. The summed E-state index contributed by atoms with van der Waals surface area (Å²) < 4.78 is 24.5. The van der Waals surface area contributed by atoms with Crippen molar-refractivity contribution < 1.29 is 18.7 Å². The number of H-pyrrole nitrogens is 1. The Balaban J connectivity index is 1.57. The number of nitrogens with one attached hydrogen (secondary N) is 2. The predicted molar refractivity (Wildman–Crippen MR) is 118 cm³/mol. The van der Waals surface area contributed by atoms with Crippen LogP contribution in [0.15, 0.2) is 48.9 Å². The third-order valence-electron chi connectivity index (χ3n) is 4.78. The second kappa shape index (κ2) is 9.19. The van der Waals surface area contributed by atoms with Gasteiger partial charge in [-0.25, -0.2) is 24.1 Å². The van der Waals surface area contributed by atoms with E-state index in [4.69, 9.17) is 16.3 Å². The molecule has 1 aromatic carbocycles. The lowest BCUT2D eigenvalue weighted by molar-refractivity contribution is -0.142. The number of anilines is 1. The molecule has 0 amide bonds. The summed E-state index contributed by atoms with van der Waals surface area (Å²) in [5.41, 5.74) is 2.10. The molecule has 1 atom stereocenters. The molecule has 0 spiro atoms. The molecule has 164 valence electrons. The summed E-state index contributed by atoms with van der Waals surface area (Å²) in [6, 6.07) is 8.55. The molecule has 0 radical (unpaired) electrons. The summed E-state index contributed by atoms with van der Waals surface area (Å²) in [4.78, 5) is 27.0. The fourth-order valence-corrected chi connectivity index (χ4v) is 3.28. The highest BCUT2D eigenvalue weighted by Gasteiger charge is 2.16. The van der Waals surface area contributed by atoms with Crippen molar-refractivity contribution in [3.63, 3.8) is 0 Å². The quantitative estimate of drug-likeness (QED) is 0.394. The van der Waals surface area contributed by atoms with Crippen LogP contribution in [0.2, 0.25) is 5.02 Å². The number of pyridine rings is 1. The van der Waals surface area contributed by atoms with Crippen molar-refractivity contribution in [2.45, 2.75) is 13.0 Å². The molecule has 0 fully saturated rings. The molecular formula is C22H19ClFN5O3. The maximum atomic E-state index is 14.5. The zero-order valence-electron chi connectivity index (χ0n) is 17.2. The Hall–Kier alpha value is -3.72. The largest absolute Gasteiger partial charge is 0.482 e. The van der Waals surface area contributed by atoms with Gasteiger partial charge in [-0.1, -0.05) is 23.7 Å². The van der Waals surface area contributed by atoms with Crippen molar-refractivity contribution in [1.82, 2.24) is 19.9 Å². The molecule has 8 nitrogen and oxygen atoms in total. The number of hydrogen-bond acceptors (Lipinski definition) is 7. The molecule has 0 bridgehead atoms. The minimum atomic E-state index is -0.588. The number of esters is 1. The van der Waals surface area contributed by atoms with Crippen molar-refractivity contribution in [3.8, 4) is 17.1 Å². The summed E-state index contributed by atoms with van der Waals surface area (Å²) in [6.45, 7) is 1.66. The first-order chi connectivity index (χ1) is 15.4. The van der Waals surface area contributed by atoms with Crippen molar-refractivity contribution in [1.29, 1.82) is 0 Å². The van der Waals surface area contributed by atoms with E-state index >= 15 is 0 Å². The smallest absolute Gasteiger partial charge is 0.343 e. The highest BCUT2D eigenvalue weighted by atomic mass is 35.5. The average Bonchev–Trinajstić information content (AvgIpc) is 3.22. The van der Waals surface area contributed by atoms with Crippen molar-refractivity contribution in [3.05, 3.63) is 65.3 Å². The first kappa shape index (κ1) is 21.5. The number of aromatic nitrogens is 4. The van der Waals surface area contributed by atoms with E-state index < -0.39 is 11.8 Å². The number of hydrogen-bond donors (Lipinski definition) is 2. The molecule has 0 saturated heterocycles. The zero-order chi connectivity index (χ0) is 22.7. The number of halogens is 2. The van der Waals surface area contributed by atoms with Gasteiger partial charge in [0.05, 0.1) is 24.4 Å². The standard InChI is InChI=1S/C22H19ClFN5O3/c1-12(13-4-3-5-15(6-13)32-11-19(30)31-2)28-22-18(24)10-27-21(29-22)17-9-26-20-16(17)7-14(23)8-25-20/h3-10,12H,11H2,1-2H3,(H,25,26)(H,27,28,29)/t12-/m0/s1. The molecule has 0 unspecified atom stereocenters. The van der Waals surface area contributed by atoms with Crippen LogP contribution in [0.25, 0.3) is 22.4 Å². The van der Waals surface area contributed by atoms with Crippen LogP contribution in [-0.2, 0) is 9.53 Å². The first-order valence-electron chi connectivity index (χ1n) is 9.66.